The topological polar surface area (TPSA) is 55.1 Å². The summed E-state index contributed by atoms with van der Waals surface area (Å²) in [5.74, 6) is -0.803. The van der Waals surface area contributed by atoms with Crippen LogP contribution in [0.25, 0.3) is 0 Å². The minimum Gasteiger partial charge on any atom is -0.396 e. The number of carbonyl (C=O) groups excluding carboxylic acids is 1. The fourth-order valence-electron chi connectivity index (χ4n) is 1.18. The summed E-state index contributed by atoms with van der Waals surface area (Å²) in [6.07, 6.45) is 0. The molecule has 1 rings (SSSR count). The van der Waals surface area contributed by atoms with Gasteiger partial charge in [0.25, 0.3) is 5.91 Å². The van der Waals surface area contributed by atoms with Crippen LogP contribution >= 0.6 is 15.9 Å². The summed E-state index contributed by atoms with van der Waals surface area (Å²) in [5.41, 5.74) is 5.73. The molecule has 0 saturated carbocycles. The monoisotopic (exact) mass is 302 g/mol. The molecule has 17 heavy (non-hydrogen) atoms. The van der Waals surface area contributed by atoms with E-state index in [1.54, 1.807) is 0 Å². The lowest BCUT2D eigenvalue weighted by molar-refractivity contribution is 0.0938. The first-order chi connectivity index (χ1) is 7.70. The molecule has 3 N–H and O–H groups in total. The van der Waals surface area contributed by atoms with Crippen LogP contribution in [-0.4, -0.2) is 12.5 Å². The van der Waals surface area contributed by atoms with E-state index in [-0.39, 0.29) is 17.0 Å². The lowest BCUT2D eigenvalue weighted by Crippen LogP contribution is -2.32. The van der Waals surface area contributed by atoms with Crippen molar-refractivity contribution >= 4 is 27.5 Å². The molecule has 0 spiro atoms. The lowest BCUT2D eigenvalue weighted by Gasteiger charge is -2.19. The van der Waals surface area contributed by atoms with E-state index in [9.17, 15) is 9.18 Å². The van der Waals surface area contributed by atoms with E-state index in [0.29, 0.717) is 16.6 Å². The van der Waals surface area contributed by atoms with Crippen LogP contribution in [0.4, 0.5) is 10.1 Å². The largest absolute Gasteiger partial charge is 0.396 e. The van der Waals surface area contributed by atoms with E-state index in [1.165, 1.54) is 12.1 Å². The number of nitrogens with two attached hydrogens (primary N) is 1. The molecule has 0 saturated heterocycles. The van der Waals surface area contributed by atoms with Crippen molar-refractivity contribution in [3.63, 3.8) is 0 Å². The zero-order valence-corrected chi connectivity index (χ0v) is 11.7. The Morgan fingerprint density at radius 2 is 2.06 bits per heavy atom. The molecule has 0 aliphatic carbocycles. The van der Waals surface area contributed by atoms with Gasteiger partial charge in [-0.1, -0.05) is 20.8 Å². The van der Waals surface area contributed by atoms with Crippen molar-refractivity contribution in [2.24, 2.45) is 5.41 Å². The number of nitrogens with one attached hydrogen (secondary N) is 1. The van der Waals surface area contributed by atoms with Crippen molar-refractivity contribution in [3.05, 3.63) is 28.0 Å². The Bertz CT molecular complexity index is 441. The van der Waals surface area contributed by atoms with Gasteiger partial charge in [-0.15, -0.1) is 0 Å². The third kappa shape index (κ3) is 4.00. The normalized spacial score (nSPS) is 11.4. The molecular formula is C12H16BrFN2O. The quantitative estimate of drug-likeness (QED) is 0.825. The summed E-state index contributed by atoms with van der Waals surface area (Å²) >= 11 is 3.15. The van der Waals surface area contributed by atoms with E-state index in [1.807, 2.05) is 20.8 Å². The van der Waals surface area contributed by atoms with Gasteiger partial charge in [-0.25, -0.2) is 4.39 Å². The molecule has 0 aromatic heterocycles. The smallest absolute Gasteiger partial charge is 0.252 e. The summed E-state index contributed by atoms with van der Waals surface area (Å²) in [4.78, 5) is 11.9. The predicted molar refractivity (Wildman–Crippen MR) is 70.3 cm³/mol. The summed E-state index contributed by atoms with van der Waals surface area (Å²) in [5, 5.41) is 2.78. The molecule has 1 aromatic carbocycles. The summed E-state index contributed by atoms with van der Waals surface area (Å²) in [7, 11) is 0. The maximum absolute atomic E-state index is 13.1. The summed E-state index contributed by atoms with van der Waals surface area (Å²) < 4.78 is 13.5. The van der Waals surface area contributed by atoms with Gasteiger partial charge in [-0.2, -0.15) is 0 Å². The van der Waals surface area contributed by atoms with Gasteiger partial charge in [-0.3, -0.25) is 4.79 Å². The van der Waals surface area contributed by atoms with Gasteiger partial charge in [0, 0.05) is 11.0 Å². The average Bonchev–Trinajstić information content (AvgIpc) is 2.19. The molecule has 0 fully saturated rings. The predicted octanol–water partition coefficient (Wildman–Crippen LogP) is 2.95. The van der Waals surface area contributed by atoms with Crippen molar-refractivity contribution in [3.8, 4) is 0 Å². The van der Waals surface area contributed by atoms with Gasteiger partial charge < -0.3 is 11.1 Å². The van der Waals surface area contributed by atoms with E-state index < -0.39 is 5.82 Å². The van der Waals surface area contributed by atoms with Gasteiger partial charge in [0.15, 0.2) is 0 Å². The Morgan fingerprint density at radius 1 is 1.47 bits per heavy atom. The molecule has 0 radical (unpaired) electrons. The van der Waals surface area contributed by atoms with Crippen molar-refractivity contribution < 1.29 is 9.18 Å². The van der Waals surface area contributed by atoms with E-state index in [2.05, 4.69) is 21.2 Å². The SMILES string of the molecule is CC(C)(C)CNC(=O)c1cc(N)c(F)cc1Br. The highest BCUT2D eigenvalue weighted by Crippen LogP contribution is 2.23. The molecule has 0 aliphatic rings. The fourth-order valence-corrected chi connectivity index (χ4v) is 1.68. The first kappa shape index (κ1) is 14.0. The highest BCUT2D eigenvalue weighted by Gasteiger charge is 2.16. The van der Waals surface area contributed by atoms with Gasteiger partial charge >= 0.3 is 0 Å². The number of nitrogen functional groups attached to an aromatic ring is 1. The van der Waals surface area contributed by atoms with E-state index in [4.69, 9.17) is 5.73 Å². The van der Waals surface area contributed by atoms with Gasteiger partial charge in [-0.05, 0) is 33.5 Å². The molecule has 0 heterocycles. The molecule has 0 unspecified atom stereocenters. The zero-order chi connectivity index (χ0) is 13.2. The maximum Gasteiger partial charge on any atom is 0.252 e. The Kier molecular flexibility index (Phi) is 4.14. The molecule has 1 aromatic rings. The second-order valence-corrected chi connectivity index (χ2v) is 5.95. The molecular weight excluding hydrogens is 287 g/mol. The van der Waals surface area contributed by atoms with Crippen LogP contribution in [0.1, 0.15) is 31.1 Å². The van der Waals surface area contributed by atoms with Crippen LogP contribution in [0.15, 0.2) is 16.6 Å². The Hall–Kier alpha value is -1.10. The first-order valence-corrected chi connectivity index (χ1v) is 6.03. The Morgan fingerprint density at radius 3 is 2.59 bits per heavy atom. The van der Waals surface area contributed by atoms with Crippen molar-refractivity contribution in [2.75, 3.05) is 12.3 Å². The Balaban J connectivity index is 2.86. The highest BCUT2D eigenvalue weighted by atomic mass is 79.9. The van der Waals surface area contributed by atoms with E-state index in [0.717, 1.165) is 0 Å². The van der Waals surface area contributed by atoms with Gasteiger partial charge in [0.2, 0.25) is 0 Å². The van der Waals surface area contributed by atoms with Crippen LogP contribution < -0.4 is 11.1 Å². The van der Waals surface area contributed by atoms with Crippen LogP contribution in [0.2, 0.25) is 0 Å². The van der Waals surface area contributed by atoms with Crippen LogP contribution in [0.5, 0.6) is 0 Å². The number of hydrogen-bond acceptors (Lipinski definition) is 2. The second kappa shape index (κ2) is 5.04. The van der Waals surface area contributed by atoms with Crippen LogP contribution in [-0.2, 0) is 0 Å². The number of carbonyl (C=O) groups is 1. The fraction of sp³-hybridized carbons (Fsp3) is 0.417. The maximum atomic E-state index is 13.1. The lowest BCUT2D eigenvalue weighted by atomic mass is 9.97. The van der Waals surface area contributed by atoms with Crippen molar-refractivity contribution in [1.82, 2.24) is 5.32 Å². The number of halogens is 2. The van der Waals surface area contributed by atoms with Gasteiger partial charge in [0.05, 0.1) is 11.3 Å². The highest BCUT2D eigenvalue weighted by molar-refractivity contribution is 9.10. The summed E-state index contributed by atoms with van der Waals surface area (Å²) in [6.45, 7) is 6.58. The minimum absolute atomic E-state index is 0.00624. The minimum atomic E-state index is -0.538. The van der Waals surface area contributed by atoms with E-state index >= 15 is 0 Å². The van der Waals surface area contributed by atoms with Crippen LogP contribution in [0.3, 0.4) is 0 Å². The van der Waals surface area contributed by atoms with Crippen molar-refractivity contribution in [2.45, 2.75) is 20.8 Å². The third-order valence-electron chi connectivity index (χ3n) is 2.11. The molecule has 0 atom stereocenters. The molecule has 3 nitrogen and oxygen atoms in total. The molecule has 0 aliphatic heterocycles. The first-order valence-electron chi connectivity index (χ1n) is 5.23. The number of rotatable bonds is 2. The van der Waals surface area contributed by atoms with Crippen molar-refractivity contribution in [1.29, 1.82) is 0 Å². The third-order valence-corrected chi connectivity index (χ3v) is 2.77. The average molecular weight is 303 g/mol. The number of hydrogen-bond donors (Lipinski definition) is 2. The summed E-state index contributed by atoms with van der Waals surface area (Å²) in [6, 6.07) is 2.53. The Labute approximate surface area is 109 Å². The molecule has 0 bridgehead atoms. The standard InChI is InChI=1S/C12H16BrFN2O/c1-12(2,3)6-16-11(17)7-4-10(15)9(14)5-8(7)13/h4-5H,6,15H2,1-3H3,(H,16,17). The molecule has 5 heteroatoms. The zero-order valence-electron chi connectivity index (χ0n) is 10.1. The number of amides is 1. The molecule has 94 valence electrons. The van der Waals surface area contributed by atoms with Gasteiger partial charge in [0.1, 0.15) is 5.82 Å². The van der Waals surface area contributed by atoms with Crippen LogP contribution in [0, 0.1) is 11.2 Å². The number of benzene rings is 1. The second-order valence-electron chi connectivity index (χ2n) is 5.10. The molecule has 1 amide bonds. The number of anilines is 1.